The maximum Gasteiger partial charge on any atom is 0.416 e. The molecule has 0 saturated carbocycles. The molecule has 112 valence electrons. The van der Waals surface area contributed by atoms with E-state index in [0.29, 0.717) is 12.0 Å². The Hall–Kier alpha value is -1.34. The predicted octanol–water partition coefficient (Wildman–Crippen LogP) is 5.69. The third kappa shape index (κ3) is 2.36. The molecular weight excluding hydrogens is 404 g/mol. The normalized spacial score (nSPS) is 18.1. The number of alkyl halides is 3. The lowest BCUT2D eigenvalue weighted by molar-refractivity contribution is -0.137. The van der Waals surface area contributed by atoms with E-state index >= 15 is 0 Å². The fourth-order valence-corrected chi connectivity index (χ4v) is 3.31. The highest BCUT2D eigenvalue weighted by Gasteiger charge is 2.32. The van der Waals surface area contributed by atoms with Crippen LogP contribution in [0.15, 0.2) is 42.5 Å². The molecule has 1 fully saturated rings. The summed E-state index contributed by atoms with van der Waals surface area (Å²) in [5.41, 5.74) is 0.353. The molecule has 0 bridgehead atoms. The first-order chi connectivity index (χ1) is 10.4. The second-order valence-electron chi connectivity index (χ2n) is 5.41. The number of fused-ring (bicyclic) bond motifs is 3. The van der Waals surface area contributed by atoms with Crippen LogP contribution in [0, 0.1) is 3.57 Å². The van der Waals surface area contributed by atoms with Gasteiger partial charge >= 0.3 is 6.18 Å². The fraction of sp³-hybridized carbons (Fsp3) is 0.176. The average molecular weight is 414 g/mol. The number of hydrogen-bond donors (Lipinski definition) is 0. The molecule has 1 saturated heterocycles. The Bertz CT molecular complexity index is 898. The van der Waals surface area contributed by atoms with Crippen molar-refractivity contribution in [2.24, 2.45) is 0 Å². The van der Waals surface area contributed by atoms with E-state index in [1.165, 1.54) is 6.07 Å². The van der Waals surface area contributed by atoms with Gasteiger partial charge in [-0.1, -0.05) is 12.1 Å². The van der Waals surface area contributed by atoms with Crippen molar-refractivity contribution < 1.29 is 17.9 Å². The Balaban J connectivity index is 2.12. The third-order valence-electron chi connectivity index (χ3n) is 3.95. The van der Waals surface area contributed by atoms with Crippen LogP contribution in [0.1, 0.15) is 17.2 Å². The SMILES string of the molecule is FC(F)(F)c1ccc2c([C@@H]3CO3)cc3ccc(I)cc3c2c1. The van der Waals surface area contributed by atoms with Crippen molar-refractivity contribution in [1.29, 1.82) is 0 Å². The molecule has 3 aromatic rings. The molecule has 0 aliphatic carbocycles. The van der Waals surface area contributed by atoms with Gasteiger partial charge in [0.15, 0.2) is 0 Å². The van der Waals surface area contributed by atoms with Crippen LogP contribution in [0.3, 0.4) is 0 Å². The third-order valence-corrected chi connectivity index (χ3v) is 4.63. The predicted molar refractivity (Wildman–Crippen MR) is 87.9 cm³/mol. The highest BCUT2D eigenvalue weighted by molar-refractivity contribution is 14.1. The standard InChI is InChI=1S/C17H10F3IO/c18-17(19,20)10-2-4-12-14(6-10)13-7-11(21)3-1-9(13)5-15(12)16-8-22-16/h1-7,16H,8H2/t16-/m0/s1. The monoisotopic (exact) mass is 414 g/mol. The van der Waals surface area contributed by atoms with Crippen LogP contribution in [0.5, 0.6) is 0 Å². The molecule has 1 aliphatic rings. The topological polar surface area (TPSA) is 12.5 Å². The van der Waals surface area contributed by atoms with Gasteiger partial charge in [-0.25, -0.2) is 0 Å². The van der Waals surface area contributed by atoms with E-state index in [2.05, 4.69) is 22.6 Å². The van der Waals surface area contributed by atoms with E-state index < -0.39 is 11.7 Å². The van der Waals surface area contributed by atoms with Crippen molar-refractivity contribution in [3.63, 3.8) is 0 Å². The van der Waals surface area contributed by atoms with Crippen LogP contribution in [-0.2, 0) is 10.9 Å². The number of hydrogen-bond acceptors (Lipinski definition) is 1. The molecule has 0 spiro atoms. The summed E-state index contributed by atoms with van der Waals surface area (Å²) >= 11 is 2.17. The van der Waals surface area contributed by atoms with E-state index in [-0.39, 0.29) is 6.10 Å². The summed E-state index contributed by atoms with van der Waals surface area (Å²) < 4.78 is 45.5. The highest BCUT2D eigenvalue weighted by Crippen LogP contribution is 2.41. The van der Waals surface area contributed by atoms with E-state index in [1.54, 1.807) is 6.07 Å². The Morgan fingerprint density at radius 1 is 0.955 bits per heavy atom. The van der Waals surface area contributed by atoms with Gasteiger partial charge in [0.25, 0.3) is 0 Å². The minimum atomic E-state index is -4.34. The summed E-state index contributed by atoms with van der Waals surface area (Å²) in [5.74, 6) is 0. The smallest absolute Gasteiger partial charge is 0.368 e. The first-order valence-corrected chi connectivity index (χ1v) is 7.86. The van der Waals surface area contributed by atoms with E-state index in [4.69, 9.17) is 4.74 Å². The van der Waals surface area contributed by atoms with Crippen molar-refractivity contribution in [3.05, 3.63) is 57.2 Å². The van der Waals surface area contributed by atoms with Crippen LogP contribution in [0.2, 0.25) is 0 Å². The second-order valence-corrected chi connectivity index (χ2v) is 6.66. The van der Waals surface area contributed by atoms with Crippen LogP contribution >= 0.6 is 22.6 Å². The summed E-state index contributed by atoms with van der Waals surface area (Å²) in [4.78, 5) is 0. The summed E-state index contributed by atoms with van der Waals surface area (Å²) in [7, 11) is 0. The number of benzene rings is 3. The molecule has 5 heteroatoms. The molecule has 0 aromatic heterocycles. The van der Waals surface area contributed by atoms with Gasteiger partial charge < -0.3 is 4.74 Å². The van der Waals surface area contributed by atoms with Gasteiger partial charge in [0, 0.05) is 3.57 Å². The summed E-state index contributed by atoms with van der Waals surface area (Å²) in [6.07, 6.45) is -4.34. The molecule has 4 rings (SSSR count). The molecule has 0 radical (unpaired) electrons. The number of rotatable bonds is 1. The lowest BCUT2D eigenvalue weighted by atomic mass is 9.94. The second kappa shape index (κ2) is 4.83. The molecule has 1 aliphatic heterocycles. The molecule has 3 aromatic carbocycles. The Morgan fingerprint density at radius 2 is 1.73 bits per heavy atom. The van der Waals surface area contributed by atoms with E-state index in [9.17, 15) is 13.2 Å². The zero-order valence-corrected chi connectivity index (χ0v) is 13.4. The zero-order chi connectivity index (χ0) is 15.5. The van der Waals surface area contributed by atoms with Gasteiger partial charge in [-0.15, -0.1) is 0 Å². The Morgan fingerprint density at radius 3 is 2.41 bits per heavy atom. The van der Waals surface area contributed by atoms with Gasteiger partial charge in [-0.3, -0.25) is 0 Å². The molecular formula is C17H10F3IO. The van der Waals surface area contributed by atoms with Gasteiger partial charge in [0.1, 0.15) is 6.10 Å². The molecule has 1 heterocycles. The maximum atomic E-state index is 13.0. The van der Waals surface area contributed by atoms with Crippen molar-refractivity contribution in [2.45, 2.75) is 12.3 Å². The average Bonchev–Trinajstić information content (AvgIpc) is 3.29. The van der Waals surface area contributed by atoms with Crippen LogP contribution < -0.4 is 0 Å². The van der Waals surface area contributed by atoms with Gasteiger partial charge in [-0.05, 0) is 80.0 Å². The molecule has 0 N–H and O–H groups in total. The van der Waals surface area contributed by atoms with Gasteiger partial charge in [-0.2, -0.15) is 13.2 Å². The first-order valence-electron chi connectivity index (χ1n) is 6.78. The van der Waals surface area contributed by atoms with Crippen molar-refractivity contribution >= 4 is 44.1 Å². The number of ether oxygens (including phenoxy) is 1. The molecule has 22 heavy (non-hydrogen) atoms. The largest absolute Gasteiger partial charge is 0.416 e. The van der Waals surface area contributed by atoms with Crippen molar-refractivity contribution in [1.82, 2.24) is 0 Å². The quantitative estimate of drug-likeness (QED) is 0.283. The number of epoxide rings is 1. The van der Waals surface area contributed by atoms with Crippen molar-refractivity contribution in [2.75, 3.05) is 6.61 Å². The lowest BCUT2D eigenvalue weighted by Crippen LogP contribution is -2.04. The Kier molecular flexibility index (Phi) is 3.13. The van der Waals surface area contributed by atoms with Gasteiger partial charge in [0.2, 0.25) is 0 Å². The minimum absolute atomic E-state index is 0.00270. The van der Waals surface area contributed by atoms with E-state index in [0.717, 1.165) is 31.4 Å². The first kappa shape index (κ1) is 14.3. The summed E-state index contributed by atoms with van der Waals surface area (Å²) in [6, 6.07) is 11.8. The fourth-order valence-electron chi connectivity index (χ4n) is 2.82. The highest BCUT2D eigenvalue weighted by atomic mass is 127. The van der Waals surface area contributed by atoms with E-state index in [1.807, 2.05) is 24.3 Å². The maximum absolute atomic E-state index is 13.0. The number of halogens is 4. The van der Waals surface area contributed by atoms with Crippen LogP contribution in [0.25, 0.3) is 21.5 Å². The molecule has 1 atom stereocenters. The molecule has 0 unspecified atom stereocenters. The van der Waals surface area contributed by atoms with Crippen LogP contribution in [-0.4, -0.2) is 6.61 Å². The van der Waals surface area contributed by atoms with Crippen LogP contribution in [0.4, 0.5) is 13.2 Å². The molecule has 0 amide bonds. The van der Waals surface area contributed by atoms with Crippen molar-refractivity contribution in [3.8, 4) is 0 Å². The minimum Gasteiger partial charge on any atom is -0.368 e. The Labute approximate surface area is 138 Å². The summed E-state index contributed by atoms with van der Waals surface area (Å²) in [5, 5.41) is 3.26. The summed E-state index contributed by atoms with van der Waals surface area (Å²) in [6.45, 7) is 0.631. The zero-order valence-electron chi connectivity index (χ0n) is 11.2. The molecule has 1 nitrogen and oxygen atoms in total. The van der Waals surface area contributed by atoms with Gasteiger partial charge in [0.05, 0.1) is 12.2 Å². The lowest BCUT2D eigenvalue weighted by Gasteiger charge is -2.13.